The molecule has 0 aliphatic heterocycles. The number of carboxylic acids is 1. The molecule has 0 heterocycles. The minimum Gasteiger partial charge on any atom is -0.478 e. The van der Waals surface area contributed by atoms with Gasteiger partial charge in [-0.25, -0.2) is 17.9 Å². The number of benzene rings is 1. The number of carboxylic acid groups (broad SMARTS) is 1. The summed E-state index contributed by atoms with van der Waals surface area (Å²) < 4.78 is 30.8. The van der Waals surface area contributed by atoms with Crippen molar-refractivity contribution in [3.8, 4) is 0 Å². The third-order valence-corrected chi connectivity index (χ3v) is 4.04. The normalized spacial score (nSPS) is 11.9. The van der Waals surface area contributed by atoms with Gasteiger partial charge in [0.25, 0.3) is 0 Å². The average Bonchev–Trinajstić information content (AvgIpc) is 2.44. The molecular formula is C14H19NO5S. The SMILES string of the molecule is COCCCS(=O)(=O)NCc1cccc(C=CC(=O)O)c1. The Kier molecular flexibility index (Phi) is 7.07. The second-order valence-electron chi connectivity index (χ2n) is 4.40. The standard InChI is InChI=1S/C14H19NO5S/c1-20-8-3-9-21(18,19)15-11-13-5-2-4-12(10-13)6-7-14(16)17/h2,4-7,10,15H,3,8-9,11H2,1H3,(H,16,17). The molecule has 0 unspecified atom stereocenters. The number of methoxy groups -OCH3 is 1. The minimum atomic E-state index is -3.33. The van der Waals surface area contributed by atoms with E-state index in [0.717, 1.165) is 11.6 Å². The van der Waals surface area contributed by atoms with E-state index in [1.165, 1.54) is 13.2 Å². The Bertz CT molecular complexity index is 595. The van der Waals surface area contributed by atoms with E-state index < -0.39 is 16.0 Å². The second kappa shape index (κ2) is 8.56. The molecule has 0 atom stereocenters. The highest BCUT2D eigenvalue weighted by atomic mass is 32.2. The van der Waals surface area contributed by atoms with E-state index in [9.17, 15) is 13.2 Å². The van der Waals surface area contributed by atoms with Crippen molar-refractivity contribution in [3.05, 3.63) is 41.5 Å². The van der Waals surface area contributed by atoms with Crippen LogP contribution in [0.3, 0.4) is 0 Å². The molecule has 0 bridgehead atoms. The number of hydrogen-bond donors (Lipinski definition) is 2. The van der Waals surface area contributed by atoms with Crippen LogP contribution in [-0.2, 0) is 26.1 Å². The van der Waals surface area contributed by atoms with E-state index in [-0.39, 0.29) is 12.3 Å². The van der Waals surface area contributed by atoms with E-state index in [1.807, 2.05) is 0 Å². The van der Waals surface area contributed by atoms with E-state index in [4.69, 9.17) is 9.84 Å². The van der Waals surface area contributed by atoms with E-state index in [2.05, 4.69) is 4.72 Å². The smallest absolute Gasteiger partial charge is 0.328 e. The number of hydrogen-bond acceptors (Lipinski definition) is 4. The van der Waals surface area contributed by atoms with Crippen molar-refractivity contribution in [1.29, 1.82) is 0 Å². The highest BCUT2D eigenvalue weighted by Crippen LogP contribution is 2.07. The van der Waals surface area contributed by atoms with E-state index >= 15 is 0 Å². The Balaban J connectivity index is 2.59. The van der Waals surface area contributed by atoms with Crippen molar-refractivity contribution in [2.24, 2.45) is 0 Å². The van der Waals surface area contributed by atoms with Crippen LogP contribution in [0.5, 0.6) is 0 Å². The average molecular weight is 313 g/mol. The summed E-state index contributed by atoms with van der Waals surface area (Å²) >= 11 is 0. The van der Waals surface area contributed by atoms with Crippen LogP contribution in [0.25, 0.3) is 6.08 Å². The molecule has 21 heavy (non-hydrogen) atoms. The summed E-state index contributed by atoms with van der Waals surface area (Å²) in [5.41, 5.74) is 1.46. The fourth-order valence-corrected chi connectivity index (χ4v) is 2.66. The van der Waals surface area contributed by atoms with Gasteiger partial charge in [0.05, 0.1) is 5.75 Å². The molecule has 6 nitrogen and oxygen atoms in total. The number of sulfonamides is 1. The number of nitrogens with one attached hydrogen (secondary N) is 1. The summed E-state index contributed by atoms with van der Waals surface area (Å²) in [5.74, 6) is -1.02. The summed E-state index contributed by atoms with van der Waals surface area (Å²) in [6.45, 7) is 0.570. The fourth-order valence-electron chi connectivity index (χ4n) is 1.63. The van der Waals surface area contributed by atoms with Crippen LogP contribution in [0.1, 0.15) is 17.5 Å². The monoisotopic (exact) mass is 313 g/mol. The molecule has 0 saturated carbocycles. The van der Waals surface area contributed by atoms with Gasteiger partial charge in [-0.15, -0.1) is 0 Å². The topological polar surface area (TPSA) is 92.7 Å². The van der Waals surface area contributed by atoms with Crippen molar-refractivity contribution in [2.45, 2.75) is 13.0 Å². The number of carbonyl (C=O) groups is 1. The Morgan fingerprint density at radius 3 is 2.86 bits per heavy atom. The summed E-state index contributed by atoms with van der Waals surface area (Å²) in [5, 5.41) is 8.57. The van der Waals surface area contributed by atoms with Crippen LogP contribution in [0.2, 0.25) is 0 Å². The minimum absolute atomic E-state index is 0.0133. The summed E-state index contributed by atoms with van der Waals surface area (Å²) in [4.78, 5) is 10.5. The lowest BCUT2D eigenvalue weighted by molar-refractivity contribution is -0.131. The highest BCUT2D eigenvalue weighted by Gasteiger charge is 2.09. The zero-order valence-electron chi connectivity index (χ0n) is 11.8. The maximum absolute atomic E-state index is 11.7. The Morgan fingerprint density at radius 2 is 2.19 bits per heavy atom. The lowest BCUT2D eigenvalue weighted by atomic mass is 10.1. The first-order chi connectivity index (χ1) is 9.93. The molecule has 0 spiro atoms. The third kappa shape index (κ3) is 7.60. The third-order valence-electron chi connectivity index (χ3n) is 2.63. The van der Waals surface area contributed by atoms with Gasteiger partial charge < -0.3 is 9.84 Å². The lowest BCUT2D eigenvalue weighted by Gasteiger charge is -2.07. The maximum atomic E-state index is 11.7. The molecule has 1 rings (SSSR count). The molecule has 0 saturated heterocycles. The fraction of sp³-hybridized carbons (Fsp3) is 0.357. The van der Waals surface area contributed by atoms with Crippen molar-refractivity contribution in [2.75, 3.05) is 19.5 Å². The van der Waals surface area contributed by atoms with Crippen molar-refractivity contribution >= 4 is 22.1 Å². The molecule has 2 N–H and O–H groups in total. The van der Waals surface area contributed by atoms with Gasteiger partial charge >= 0.3 is 5.97 Å². The first-order valence-electron chi connectivity index (χ1n) is 6.39. The maximum Gasteiger partial charge on any atom is 0.328 e. The molecule has 0 fully saturated rings. The molecule has 0 aromatic heterocycles. The predicted molar refractivity (Wildman–Crippen MR) is 80.2 cm³/mol. The number of ether oxygens (including phenoxy) is 1. The molecule has 0 aliphatic rings. The predicted octanol–water partition coefficient (Wildman–Crippen LogP) is 1.24. The Morgan fingerprint density at radius 1 is 1.43 bits per heavy atom. The first kappa shape index (κ1) is 17.4. The van der Waals surface area contributed by atoms with Crippen LogP contribution in [-0.4, -0.2) is 39.0 Å². The van der Waals surface area contributed by atoms with Gasteiger partial charge in [-0.05, 0) is 23.6 Å². The van der Waals surface area contributed by atoms with Crippen molar-refractivity contribution in [1.82, 2.24) is 4.72 Å². The van der Waals surface area contributed by atoms with Gasteiger partial charge in [0, 0.05) is 26.3 Å². The lowest BCUT2D eigenvalue weighted by Crippen LogP contribution is -2.26. The van der Waals surface area contributed by atoms with Crippen LogP contribution in [0, 0.1) is 0 Å². The van der Waals surface area contributed by atoms with Gasteiger partial charge in [0.2, 0.25) is 10.0 Å². The van der Waals surface area contributed by atoms with Crippen LogP contribution in [0.4, 0.5) is 0 Å². The summed E-state index contributed by atoms with van der Waals surface area (Å²) in [6.07, 6.45) is 2.93. The van der Waals surface area contributed by atoms with Gasteiger partial charge in [-0.2, -0.15) is 0 Å². The molecule has 1 aromatic rings. The molecular weight excluding hydrogens is 294 g/mol. The highest BCUT2D eigenvalue weighted by molar-refractivity contribution is 7.89. The summed E-state index contributed by atoms with van der Waals surface area (Å²) in [7, 11) is -1.81. The second-order valence-corrected chi connectivity index (χ2v) is 6.33. The number of rotatable bonds is 9. The number of aliphatic carboxylic acids is 1. The molecule has 0 amide bonds. The van der Waals surface area contributed by atoms with Gasteiger partial charge in [0.1, 0.15) is 0 Å². The molecule has 116 valence electrons. The van der Waals surface area contributed by atoms with E-state index in [1.54, 1.807) is 24.3 Å². The van der Waals surface area contributed by atoms with E-state index in [0.29, 0.717) is 18.6 Å². The zero-order valence-corrected chi connectivity index (χ0v) is 12.6. The Labute approximate surface area is 124 Å². The molecule has 0 aliphatic carbocycles. The van der Waals surface area contributed by atoms with Crippen LogP contribution in [0.15, 0.2) is 30.3 Å². The van der Waals surface area contributed by atoms with Gasteiger partial charge in [-0.3, -0.25) is 0 Å². The van der Waals surface area contributed by atoms with Crippen LogP contribution < -0.4 is 4.72 Å². The van der Waals surface area contributed by atoms with Gasteiger partial charge in [0.15, 0.2) is 0 Å². The van der Waals surface area contributed by atoms with Crippen molar-refractivity contribution in [3.63, 3.8) is 0 Å². The first-order valence-corrected chi connectivity index (χ1v) is 8.04. The summed E-state index contributed by atoms with van der Waals surface area (Å²) in [6, 6.07) is 7.00. The van der Waals surface area contributed by atoms with Crippen LogP contribution >= 0.6 is 0 Å². The zero-order chi connectivity index (χ0) is 15.7. The van der Waals surface area contributed by atoms with Crippen molar-refractivity contribution < 1.29 is 23.1 Å². The molecule has 7 heteroatoms. The molecule has 1 aromatic carbocycles. The van der Waals surface area contributed by atoms with Gasteiger partial charge in [-0.1, -0.05) is 24.3 Å². The quantitative estimate of drug-likeness (QED) is 0.528. The molecule has 0 radical (unpaired) electrons. The Hall–Kier alpha value is -1.70. The largest absolute Gasteiger partial charge is 0.478 e.